The lowest BCUT2D eigenvalue weighted by Crippen LogP contribution is -2.53. The van der Waals surface area contributed by atoms with Crippen molar-refractivity contribution in [1.29, 1.82) is 0 Å². The summed E-state index contributed by atoms with van der Waals surface area (Å²) in [6.45, 7) is 1.63. The molecule has 2 aliphatic rings. The number of fused-ring (bicyclic) bond motifs is 1. The summed E-state index contributed by atoms with van der Waals surface area (Å²) in [4.78, 5) is 25.3. The maximum absolute atomic E-state index is 13.5. The van der Waals surface area contributed by atoms with Crippen molar-refractivity contribution in [2.45, 2.75) is 18.9 Å². The summed E-state index contributed by atoms with van der Waals surface area (Å²) in [6.07, 6.45) is 0.771. The van der Waals surface area contributed by atoms with E-state index < -0.39 is 9.84 Å². The fraction of sp³-hybridized carbons (Fsp3) is 0.391. The Bertz CT molecular complexity index is 1240. The summed E-state index contributed by atoms with van der Waals surface area (Å²) in [7, 11) is -3.03. The largest absolute Gasteiger partial charge is 0.506 e. The number of amides is 1. The van der Waals surface area contributed by atoms with Gasteiger partial charge in [0.25, 0.3) is 0 Å². The molecule has 2 fully saturated rings. The Labute approximate surface area is 197 Å². The summed E-state index contributed by atoms with van der Waals surface area (Å²) < 4.78 is 23.7. The number of piperazine rings is 1. The SMILES string of the molecule is O=C(C1CCS(=O)(=O)CC1)N1CCN(c2nc3cc(O)c(Cl)cc3[nH]2)CC1c1ccccc1. The molecule has 1 atom stereocenters. The molecule has 0 spiro atoms. The number of nitrogens with zero attached hydrogens (tertiary/aromatic N) is 3. The van der Waals surface area contributed by atoms with Crippen molar-refractivity contribution in [3.8, 4) is 5.75 Å². The van der Waals surface area contributed by atoms with Crippen LogP contribution in [-0.4, -0.2) is 65.4 Å². The van der Waals surface area contributed by atoms with Crippen LogP contribution < -0.4 is 4.90 Å². The topological polar surface area (TPSA) is 107 Å². The van der Waals surface area contributed by atoms with Gasteiger partial charge in [-0.25, -0.2) is 13.4 Å². The lowest BCUT2D eigenvalue weighted by atomic mass is 9.96. The zero-order valence-electron chi connectivity index (χ0n) is 17.9. The molecule has 2 saturated heterocycles. The van der Waals surface area contributed by atoms with Crippen LogP contribution in [0.3, 0.4) is 0 Å². The molecular weight excluding hydrogens is 464 g/mol. The Balaban J connectivity index is 1.42. The molecule has 0 saturated carbocycles. The van der Waals surface area contributed by atoms with Gasteiger partial charge in [-0.2, -0.15) is 0 Å². The normalized spacial score (nSPS) is 21.4. The molecule has 1 aromatic heterocycles. The number of halogens is 1. The van der Waals surface area contributed by atoms with Crippen molar-refractivity contribution in [2.24, 2.45) is 5.92 Å². The molecule has 2 N–H and O–H groups in total. The molecule has 174 valence electrons. The summed E-state index contributed by atoms with van der Waals surface area (Å²) >= 11 is 6.04. The lowest BCUT2D eigenvalue weighted by molar-refractivity contribution is -0.138. The van der Waals surface area contributed by atoms with Crippen molar-refractivity contribution >= 4 is 44.3 Å². The van der Waals surface area contributed by atoms with Gasteiger partial charge in [0.2, 0.25) is 11.9 Å². The van der Waals surface area contributed by atoms with Gasteiger partial charge in [0.05, 0.1) is 33.6 Å². The van der Waals surface area contributed by atoms with Gasteiger partial charge in [-0.15, -0.1) is 0 Å². The second kappa shape index (κ2) is 8.53. The van der Waals surface area contributed by atoms with Crippen molar-refractivity contribution in [2.75, 3.05) is 36.0 Å². The number of hydrogen-bond donors (Lipinski definition) is 2. The molecule has 0 radical (unpaired) electrons. The van der Waals surface area contributed by atoms with Gasteiger partial charge in [0.1, 0.15) is 15.6 Å². The number of hydrogen-bond acceptors (Lipinski definition) is 6. The second-order valence-corrected chi connectivity index (χ2v) is 11.4. The Morgan fingerprint density at radius 3 is 2.58 bits per heavy atom. The van der Waals surface area contributed by atoms with Crippen LogP contribution >= 0.6 is 11.6 Å². The van der Waals surface area contributed by atoms with Crippen molar-refractivity contribution in [3.05, 3.63) is 53.1 Å². The molecule has 10 heteroatoms. The highest BCUT2D eigenvalue weighted by Gasteiger charge is 2.37. The minimum Gasteiger partial charge on any atom is -0.506 e. The number of phenols is 1. The third kappa shape index (κ3) is 4.39. The molecule has 3 aromatic rings. The van der Waals surface area contributed by atoms with Crippen molar-refractivity contribution < 1.29 is 18.3 Å². The molecular formula is C23H25ClN4O4S. The van der Waals surface area contributed by atoms with Crippen LogP contribution in [0, 0.1) is 5.92 Å². The van der Waals surface area contributed by atoms with Crippen LogP contribution in [0.25, 0.3) is 11.0 Å². The van der Waals surface area contributed by atoms with Gasteiger partial charge < -0.3 is 19.9 Å². The number of carbonyl (C=O) groups is 1. The number of aromatic amines is 1. The average molecular weight is 489 g/mol. The predicted octanol–water partition coefficient (Wildman–Crippen LogP) is 3.14. The molecule has 3 heterocycles. The maximum Gasteiger partial charge on any atom is 0.226 e. The van der Waals surface area contributed by atoms with Crippen LogP contribution in [-0.2, 0) is 14.6 Å². The number of sulfone groups is 1. The van der Waals surface area contributed by atoms with E-state index in [0.717, 1.165) is 11.1 Å². The molecule has 2 aromatic carbocycles. The summed E-state index contributed by atoms with van der Waals surface area (Å²) in [5, 5.41) is 10.2. The van der Waals surface area contributed by atoms with Crippen molar-refractivity contribution in [3.63, 3.8) is 0 Å². The summed E-state index contributed by atoms with van der Waals surface area (Å²) in [5.41, 5.74) is 2.37. The predicted molar refractivity (Wildman–Crippen MR) is 127 cm³/mol. The summed E-state index contributed by atoms with van der Waals surface area (Å²) in [6, 6.07) is 12.9. The Hall–Kier alpha value is -2.78. The van der Waals surface area contributed by atoms with E-state index in [1.165, 1.54) is 6.07 Å². The van der Waals surface area contributed by atoms with Crippen LogP contribution in [0.4, 0.5) is 5.95 Å². The Kier molecular flexibility index (Phi) is 5.70. The number of anilines is 1. The first kappa shape index (κ1) is 22.0. The van der Waals surface area contributed by atoms with Crippen molar-refractivity contribution in [1.82, 2.24) is 14.9 Å². The minimum absolute atomic E-state index is 0.0192. The highest BCUT2D eigenvalue weighted by atomic mass is 35.5. The van der Waals surface area contributed by atoms with Gasteiger partial charge in [-0.3, -0.25) is 4.79 Å². The second-order valence-electron chi connectivity index (χ2n) is 8.71. The number of phenolic OH excluding ortho intramolecular Hbond substituents is 1. The number of aromatic nitrogens is 2. The number of nitrogens with one attached hydrogen (secondary N) is 1. The molecule has 1 amide bonds. The van der Waals surface area contributed by atoms with E-state index in [-0.39, 0.29) is 40.1 Å². The van der Waals surface area contributed by atoms with E-state index in [4.69, 9.17) is 11.6 Å². The monoisotopic (exact) mass is 488 g/mol. The highest BCUT2D eigenvalue weighted by Crippen LogP contribution is 2.33. The summed E-state index contributed by atoms with van der Waals surface area (Å²) in [5.74, 6) is 0.557. The molecule has 33 heavy (non-hydrogen) atoms. The van der Waals surface area contributed by atoms with E-state index in [1.807, 2.05) is 35.2 Å². The first-order valence-electron chi connectivity index (χ1n) is 11.0. The third-order valence-corrected chi connectivity index (χ3v) is 8.61. The smallest absolute Gasteiger partial charge is 0.226 e. The van der Waals surface area contributed by atoms with Gasteiger partial charge in [0.15, 0.2) is 0 Å². The standard InChI is InChI=1S/C23H25ClN4O4S/c24-17-12-18-19(13-21(17)29)26-23(25-18)27-8-9-28(20(14-27)15-4-2-1-3-5-15)22(30)16-6-10-33(31,32)11-7-16/h1-5,12-13,16,20,29H,6-11,14H2,(H,25,26). The van der Waals surface area contributed by atoms with Crippen LogP contribution in [0.5, 0.6) is 5.75 Å². The molecule has 1 unspecified atom stereocenters. The fourth-order valence-corrected chi connectivity index (χ4v) is 6.38. The minimum atomic E-state index is -3.03. The van der Waals surface area contributed by atoms with E-state index in [2.05, 4.69) is 14.9 Å². The van der Waals surface area contributed by atoms with E-state index in [1.54, 1.807) is 6.07 Å². The van der Waals surface area contributed by atoms with Gasteiger partial charge in [-0.05, 0) is 24.5 Å². The van der Waals surface area contributed by atoms with E-state index in [9.17, 15) is 18.3 Å². The van der Waals surface area contributed by atoms with Crippen LogP contribution in [0.1, 0.15) is 24.4 Å². The van der Waals surface area contributed by atoms with Crippen LogP contribution in [0.15, 0.2) is 42.5 Å². The van der Waals surface area contributed by atoms with Gasteiger partial charge >= 0.3 is 0 Å². The van der Waals surface area contributed by atoms with Gasteiger partial charge in [0, 0.05) is 31.6 Å². The number of aromatic hydroxyl groups is 1. The quantitative estimate of drug-likeness (QED) is 0.586. The first-order valence-corrected chi connectivity index (χ1v) is 13.2. The molecule has 8 nitrogen and oxygen atoms in total. The molecule has 0 bridgehead atoms. The maximum atomic E-state index is 13.5. The zero-order valence-corrected chi connectivity index (χ0v) is 19.5. The number of H-pyrrole nitrogens is 1. The number of imidazole rings is 1. The third-order valence-electron chi connectivity index (χ3n) is 6.59. The molecule has 2 aliphatic heterocycles. The number of carbonyl (C=O) groups excluding carboxylic acids is 1. The number of benzene rings is 2. The zero-order chi connectivity index (χ0) is 23.2. The molecule has 5 rings (SSSR count). The fourth-order valence-electron chi connectivity index (χ4n) is 4.73. The first-order chi connectivity index (χ1) is 15.8. The number of rotatable bonds is 3. The molecule has 0 aliphatic carbocycles. The van der Waals surface area contributed by atoms with E-state index in [0.29, 0.717) is 43.9 Å². The highest BCUT2D eigenvalue weighted by molar-refractivity contribution is 7.91. The Morgan fingerprint density at radius 1 is 1.12 bits per heavy atom. The van der Waals surface area contributed by atoms with E-state index >= 15 is 0 Å². The van der Waals surface area contributed by atoms with Crippen LogP contribution in [0.2, 0.25) is 5.02 Å². The van der Waals surface area contributed by atoms with Gasteiger partial charge in [-0.1, -0.05) is 41.9 Å². The average Bonchev–Trinajstić information content (AvgIpc) is 3.22. The Morgan fingerprint density at radius 2 is 1.85 bits per heavy atom. The lowest BCUT2D eigenvalue weighted by Gasteiger charge is -2.43.